The number of rotatable bonds is 12. The first-order valence-electron chi connectivity index (χ1n) is 14.7. The first-order valence-corrected chi connectivity index (χ1v) is 14.7. The molecule has 1 unspecified atom stereocenters. The van der Waals surface area contributed by atoms with Gasteiger partial charge in [-0.15, -0.1) is 0 Å². The zero-order valence-electron chi connectivity index (χ0n) is 26.0. The van der Waals surface area contributed by atoms with Gasteiger partial charge in [0.05, 0.1) is 17.3 Å². The van der Waals surface area contributed by atoms with Crippen molar-refractivity contribution in [2.75, 3.05) is 13.6 Å². The number of hydrogen-bond acceptors (Lipinski definition) is 6. The number of aromatic nitrogens is 1. The van der Waals surface area contributed by atoms with Crippen LogP contribution in [0.2, 0.25) is 0 Å². The van der Waals surface area contributed by atoms with E-state index in [9.17, 15) is 9.59 Å². The molecule has 1 aliphatic carbocycles. The summed E-state index contributed by atoms with van der Waals surface area (Å²) in [4.78, 5) is 29.8. The van der Waals surface area contributed by atoms with Gasteiger partial charge in [0.1, 0.15) is 6.54 Å². The Morgan fingerprint density at radius 1 is 1.19 bits per heavy atom. The van der Waals surface area contributed by atoms with Gasteiger partial charge in [0.2, 0.25) is 0 Å². The summed E-state index contributed by atoms with van der Waals surface area (Å²) < 4.78 is 0. The zero-order valence-corrected chi connectivity index (χ0v) is 26.0. The number of nitrogens with zero attached hydrogens (tertiary/aromatic N) is 3. The van der Waals surface area contributed by atoms with Crippen LogP contribution < -0.4 is 10.6 Å². The molecular formula is C36H43N5O2. The maximum absolute atomic E-state index is 11.5. The molecule has 7 heteroatoms. The van der Waals surface area contributed by atoms with E-state index in [4.69, 9.17) is 5.26 Å². The van der Waals surface area contributed by atoms with Crippen molar-refractivity contribution in [3.8, 4) is 6.07 Å². The van der Waals surface area contributed by atoms with Gasteiger partial charge in [0, 0.05) is 43.0 Å². The molecule has 224 valence electrons. The van der Waals surface area contributed by atoms with Gasteiger partial charge in [-0.3, -0.25) is 14.6 Å². The van der Waals surface area contributed by atoms with E-state index in [-0.39, 0.29) is 18.0 Å². The van der Waals surface area contributed by atoms with Crippen LogP contribution >= 0.6 is 0 Å². The van der Waals surface area contributed by atoms with Crippen molar-refractivity contribution in [1.29, 1.82) is 5.26 Å². The minimum Gasteiger partial charge on any atom is -0.377 e. The number of pyridine rings is 1. The van der Waals surface area contributed by atoms with E-state index in [0.29, 0.717) is 23.6 Å². The minimum absolute atomic E-state index is 0.0306. The Morgan fingerprint density at radius 2 is 1.91 bits per heavy atom. The van der Waals surface area contributed by atoms with E-state index < -0.39 is 5.91 Å². The smallest absolute Gasteiger partial charge is 0.267 e. The Kier molecular flexibility index (Phi) is 11.4. The lowest BCUT2D eigenvalue weighted by Gasteiger charge is -2.23. The van der Waals surface area contributed by atoms with Crippen LogP contribution in [0.1, 0.15) is 74.0 Å². The molecule has 2 aromatic carbocycles. The SMILES string of the molecule is C=C(NCc1ccccc1C(C)=O)C(=O)NCC#N.C=C/C(=C\N(C)C(C)CC)c1cc(C2(C)CC2)c2cccnc2c1. The van der Waals surface area contributed by atoms with Crippen LogP contribution in [0.25, 0.3) is 16.5 Å². The molecule has 0 aliphatic heterocycles. The third-order valence-electron chi connectivity index (χ3n) is 8.04. The number of ketones is 1. The van der Waals surface area contributed by atoms with Crippen LogP contribution in [-0.2, 0) is 16.8 Å². The number of fused-ring (bicyclic) bond motifs is 1. The Bertz CT molecular complexity index is 1560. The van der Waals surface area contributed by atoms with Crippen LogP contribution in [0.3, 0.4) is 0 Å². The molecule has 1 fully saturated rings. The number of Topliss-reactive ketones (excluding diaryl/α,β-unsaturated/α-hetero) is 1. The molecule has 1 amide bonds. The quantitative estimate of drug-likeness (QED) is 0.108. The zero-order chi connectivity index (χ0) is 31.6. The Morgan fingerprint density at radius 3 is 2.53 bits per heavy atom. The molecule has 1 atom stereocenters. The molecule has 3 aromatic rings. The van der Waals surface area contributed by atoms with E-state index in [1.165, 1.54) is 36.3 Å². The average molecular weight is 578 g/mol. The molecule has 1 aliphatic rings. The highest BCUT2D eigenvalue weighted by atomic mass is 16.2. The van der Waals surface area contributed by atoms with Crippen LogP contribution in [0.15, 0.2) is 85.9 Å². The second-order valence-corrected chi connectivity index (χ2v) is 11.3. The summed E-state index contributed by atoms with van der Waals surface area (Å²) in [6.45, 7) is 16.2. The van der Waals surface area contributed by atoms with E-state index in [0.717, 1.165) is 23.1 Å². The molecule has 0 radical (unpaired) electrons. The van der Waals surface area contributed by atoms with Crippen molar-refractivity contribution < 1.29 is 9.59 Å². The molecule has 2 N–H and O–H groups in total. The number of hydrogen-bond donors (Lipinski definition) is 2. The molecule has 7 nitrogen and oxygen atoms in total. The molecular weight excluding hydrogens is 534 g/mol. The van der Waals surface area contributed by atoms with E-state index in [1.807, 2.05) is 30.5 Å². The molecule has 1 heterocycles. The van der Waals surface area contributed by atoms with Crippen LogP contribution in [0.4, 0.5) is 0 Å². The number of allylic oxidation sites excluding steroid dienone is 2. The highest BCUT2D eigenvalue weighted by Crippen LogP contribution is 2.50. The monoisotopic (exact) mass is 577 g/mol. The number of amides is 1. The lowest BCUT2D eigenvalue weighted by molar-refractivity contribution is -0.117. The highest BCUT2D eigenvalue weighted by molar-refractivity contribution is 5.96. The van der Waals surface area contributed by atoms with Crippen molar-refractivity contribution >= 4 is 28.2 Å². The Hall–Kier alpha value is -4.70. The number of benzene rings is 2. The standard InChI is InChI=1S/C22H28N2.C14H15N3O2/c1-6-16(3)24(5)15-17(7-2)18-13-20(22(4)10-11-22)19-9-8-12-23-21(19)14-18;1-10(14(19)16-8-7-15)17-9-12-5-3-4-6-13(12)11(2)18/h7-9,12-16H,2,6,10-11H2,1,3-5H3;3-6,17H,1,8-9H2,2H3,(H,16,19)/b17-15+;. The van der Waals surface area contributed by atoms with Gasteiger partial charge in [-0.2, -0.15) is 5.26 Å². The van der Waals surface area contributed by atoms with Gasteiger partial charge >= 0.3 is 0 Å². The van der Waals surface area contributed by atoms with Crippen LogP contribution in [-0.4, -0.2) is 41.2 Å². The van der Waals surface area contributed by atoms with Crippen LogP contribution in [0.5, 0.6) is 0 Å². The van der Waals surface area contributed by atoms with E-state index in [2.05, 4.69) is 85.9 Å². The summed E-state index contributed by atoms with van der Waals surface area (Å²) >= 11 is 0. The molecule has 0 bridgehead atoms. The predicted octanol–water partition coefficient (Wildman–Crippen LogP) is 6.68. The minimum atomic E-state index is -0.429. The molecule has 0 spiro atoms. The number of carbonyl (C=O) groups is 2. The largest absolute Gasteiger partial charge is 0.377 e. The molecule has 1 saturated carbocycles. The summed E-state index contributed by atoms with van der Waals surface area (Å²) in [5.74, 6) is -0.459. The fourth-order valence-electron chi connectivity index (χ4n) is 4.71. The summed E-state index contributed by atoms with van der Waals surface area (Å²) in [5.41, 5.74) is 6.77. The van der Waals surface area contributed by atoms with Crippen molar-refractivity contribution in [1.82, 2.24) is 20.5 Å². The van der Waals surface area contributed by atoms with Crippen LogP contribution in [0, 0.1) is 11.3 Å². The van der Waals surface area contributed by atoms with E-state index >= 15 is 0 Å². The van der Waals surface area contributed by atoms with E-state index in [1.54, 1.807) is 18.2 Å². The average Bonchev–Trinajstić information content (AvgIpc) is 3.78. The van der Waals surface area contributed by atoms with Gasteiger partial charge < -0.3 is 15.5 Å². The third kappa shape index (κ3) is 8.65. The fraction of sp³-hybridized carbons (Fsp3) is 0.333. The summed E-state index contributed by atoms with van der Waals surface area (Å²) in [5, 5.41) is 14.9. The second-order valence-electron chi connectivity index (χ2n) is 11.3. The molecule has 43 heavy (non-hydrogen) atoms. The Balaban J connectivity index is 0.000000243. The van der Waals surface area contributed by atoms with Crippen molar-refractivity contribution in [2.24, 2.45) is 0 Å². The number of nitriles is 1. The lowest BCUT2D eigenvalue weighted by atomic mass is 9.90. The first kappa shape index (κ1) is 32.8. The maximum Gasteiger partial charge on any atom is 0.267 e. The van der Waals surface area contributed by atoms with Gasteiger partial charge in [-0.1, -0.05) is 63.4 Å². The van der Waals surface area contributed by atoms with Crippen molar-refractivity contribution in [2.45, 2.75) is 65.0 Å². The van der Waals surface area contributed by atoms with Gasteiger partial charge in [-0.25, -0.2) is 0 Å². The molecule has 0 saturated heterocycles. The number of nitrogens with one attached hydrogen (secondary N) is 2. The predicted molar refractivity (Wildman–Crippen MR) is 175 cm³/mol. The van der Waals surface area contributed by atoms with Gasteiger partial charge in [-0.05, 0) is 79.0 Å². The number of carbonyl (C=O) groups excluding carboxylic acids is 2. The normalized spacial score (nSPS) is 13.9. The second kappa shape index (κ2) is 15.0. The summed E-state index contributed by atoms with van der Waals surface area (Å²) in [7, 11) is 2.14. The molecule has 1 aromatic heterocycles. The topological polar surface area (TPSA) is 98.1 Å². The van der Waals surface area contributed by atoms with Crippen molar-refractivity contribution in [3.05, 3.63) is 108 Å². The summed E-state index contributed by atoms with van der Waals surface area (Å²) in [6.07, 6.45) is 9.71. The summed E-state index contributed by atoms with van der Waals surface area (Å²) in [6, 6.07) is 18.3. The highest BCUT2D eigenvalue weighted by Gasteiger charge is 2.40. The fourth-order valence-corrected chi connectivity index (χ4v) is 4.71. The van der Waals surface area contributed by atoms with Crippen molar-refractivity contribution in [3.63, 3.8) is 0 Å². The van der Waals surface area contributed by atoms with Gasteiger partial charge in [0.25, 0.3) is 5.91 Å². The Labute approximate surface area is 256 Å². The molecule has 4 rings (SSSR count). The van der Waals surface area contributed by atoms with Gasteiger partial charge in [0.15, 0.2) is 5.78 Å². The third-order valence-corrected chi connectivity index (χ3v) is 8.04. The first-order chi connectivity index (χ1) is 20.5. The lowest BCUT2D eigenvalue weighted by Crippen LogP contribution is -2.31. The maximum atomic E-state index is 11.5.